The van der Waals surface area contributed by atoms with E-state index in [-0.39, 0.29) is 26.6 Å². The molecule has 3 heterocycles. The van der Waals surface area contributed by atoms with Crippen molar-refractivity contribution in [1.29, 1.82) is 0 Å². The third kappa shape index (κ3) is 7.88. The minimum atomic E-state index is -0.136. The summed E-state index contributed by atoms with van der Waals surface area (Å²) in [7, 11) is 0. The predicted molar refractivity (Wildman–Crippen MR) is 276 cm³/mol. The van der Waals surface area contributed by atoms with Crippen LogP contribution in [-0.4, -0.2) is 18.7 Å². The number of hydrogen-bond donors (Lipinski definition) is 0. The molecule has 0 spiro atoms. The fraction of sp³-hybridized carbons (Fsp3) is 0.115. The van der Waals surface area contributed by atoms with Crippen LogP contribution in [0.4, 0.5) is 17.1 Å². The summed E-state index contributed by atoms with van der Waals surface area (Å²) in [6.07, 6.45) is 4.16. The molecule has 8 aromatic carbocycles. The Balaban J connectivity index is 0.00000525. The SMILES string of the molecule is CC(C)c1ccccc1-c1ccnc(-n2c3[c-]c(N(c4[c-]c(-n5[cH+]n(C(C)(C)C)c6ccccc65)ccc4)c4c(-c5ccccc5)cccc4-c4ccccc4)ccc3c3ccccc32)c1.[Pt]. The third-order valence-electron chi connectivity index (χ3n) is 12.7. The molecule has 0 radical (unpaired) electrons. The summed E-state index contributed by atoms with van der Waals surface area (Å²) in [5.41, 5.74) is 16.0. The summed E-state index contributed by atoms with van der Waals surface area (Å²) in [6.45, 7) is 11.3. The first-order valence-electron chi connectivity index (χ1n) is 22.8. The van der Waals surface area contributed by atoms with Crippen LogP contribution < -0.4 is 4.90 Å². The second-order valence-electron chi connectivity index (χ2n) is 18.3. The van der Waals surface area contributed by atoms with Gasteiger partial charge in [0.25, 0.3) is 0 Å². The van der Waals surface area contributed by atoms with Crippen molar-refractivity contribution < 1.29 is 21.1 Å². The second kappa shape index (κ2) is 17.8. The van der Waals surface area contributed by atoms with E-state index >= 15 is 0 Å². The normalized spacial score (nSPS) is 11.7. The van der Waals surface area contributed by atoms with Crippen LogP contribution in [-0.2, 0) is 26.6 Å². The van der Waals surface area contributed by atoms with Gasteiger partial charge in [0.15, 0.2) is 17.4 Å². The molecule has 0 bridgehead atoms. The first kappa shape index (κ1) is 43.6. The van der Waals surface area contributed by atoms with Crippen LogP contribution >= 0.6 is 0 Å². The number of aromatic nitrogens is 4. The average molecular weight is 1050 g/mol. The van der Waals surface area contributed by atoms with Crippen molar-refractivity contribution in [1.82, 2.24) is 18.7 Å². The Morgan fingerprint density at radius 2 is 1.13 bits per heavy atom. The first-order chi connectivity index (χ1) is 32.2. The van der Waals surface area contributed by atoms with E-state index in [1.807, 2.05) is 6.20 Å². The molecule has 5 nitrogen and oxygen atoms in total. The molecule has 11 rings (SSSR count). The molecule has 6 heteroatoms. The van der Waals surface area contributed by atoms with Gasteiger partial charge in [-0.1, -0.05) is 158 Å². The van der Waals surface area contributed by atoms with E-state index in [1.54, 1.807) is 0 Å². The average Bonchev–Trinajstić information content (AvgIpc) is 3.92. The Morgan fingerprint density at radius 3 is 1.84 bits per heavy atom. The van der Waals surface area contributed by atoms with Crippen LogP contribution in [0.5, 0.6) is 0 Å². The van der Waals surface area contributed by atoms with Gasteiger partial charge in [-0.25, -0.2) is 14.1 Å². The van der Waals surface area contributed by atoms with E-state index in [9.17, 15) is 0 Å². The number of nitrogens with zero attached hydrogens (tertiary/aromatic N) is 5. The number of pyridine rings is 1. The van der Waals surface area contributed by atoms with Gasteiger partial charge in [0.1, 0.15) is 5.82 Å². The van der Waals surface area contributed by atoms with Gasteiger partial charge in [-0.05, 0) is 90.2 Å². The zero-order chi connectivity index (χ0) is 44.9. The molecular formula is C61H50N5Pt-. The van der Waals surface area contributed by atoms with E-state index in [2.05, 4.69) is 266 Å². The monoisotopic (exact) mass is 1050 g/mol. The van der Waals surface area contributed by atoms with E-state index in [0.717, 1.165) is 83.7 Å². The third-order valence-corrected chi connectivity index (χ3v) is 12.7. The van der Waals surface area contributed by atoms with Gasteiger partial charge in [-0.3, -0.25) is 0 Å². The van der Waals surface area contributed by atoms with Crippen molar-refractivity contribution in [3.05, 3.63) is 224 Å². The van der Waals surface area contributed by atoms with Crippen LogP contribution in [0, 0.1) is 12.1 Å². The molecule has 0 aliphatic heterocycles. The molecule has 67 heavy (non-hydrogen) atoms. The predicted octanol–water partition coefficient (Wildman–Crippen LogP) is 16.2. The number of para-hydroxylation sites is 4. The molecule has 0 unspecified atom stereocenters. The van der Waals surface area contributed by atoms with Crippen LogP contribution in [0.25, 0.3) is 77.7 Å². The minimum Gasteiger partial charge on any atom is -0.357 e. The Hall–Kier alpha value is -7.33. The van der Waals surface area contributed by atoms with Crippen molar-refractivity contribution in [2.75, 3.05) is 4.90 Å². The van der Waals surface area contributed by atoms with E-state index in [1.165, 1.54) is 16.6 Å². The van der Waals surface area contributed by atoms with Crippen LogP contribution in [0.2, 0.25) is 0 Å². The molecule has 11 aromatic rings. The molecule has 0 N–H and O–H groups in total. The molecular weight excluding hydrogens is 998 g/mol. The largest absolute Gasteiger partial charge is 0.357 e. The van der Waals surface area contributed by atoms with Gasteiger partial charge in [0.2, 0.25) is 0 Å². The van der Waals surface area contributed by atoms with Gasteiger partial charge < -0.3 is 9.47 Å². The zero-order valence-electron chi connectivity index (χ0n) is 38.3. The Labute approximate surface area is 407 Å². The number of rotatable bonds is 9. The molecule has 0 atom stereocenters. The molecule has 0 amide bonds. The van der Waals surface area contributed by atoms with Crippen molar-refractivity contribution >= 4 is 49.9 Å². The van der Waals surface area contributed by atoms with Crippen molar-refractivity contribution in [2.45, 2.75) is 46.1 Å². The van der Waals surface area contributed by atoms with Crippen molar-refractivity contribution in [3.63, 3.8) is 0 Å². The number of imidazole rings is 1. The van der Waals surface area contributed by atoms with Crippen molar-refractivity contribution in [2.24, 2.45) is 0 Å². The summed E-state index contributed by atoms with van der Waals surface area (Å²) in [6, 6.07) is 77.4. The van der Waals surface area contributed by atoms with Gasteiger partial charge in [0.05, 0.1) is 11.2 Å². The summed E-state index contributed by atoms with van der Waals surface area (Å²) >= 11 is 0. The molecule has 0 aliphatic rings. The minimum absolute atomic E-state index is 0. The van der Waals surface area contributed by atoms with Crippen LogP contribution in [0.1, 0.15) is 46.1 Å². The molecule has 0 aliphatic carbocycles. The standard InChI is InChI=1S/C61H50N5.Pt/c1-42(2)49-26-12-13-27-50(49)45-36-37-62-59(38-45)66-55-31-15-14-28-53(55)54-35-34-48(40-58(54)66)65(60-51(43-20-8-6-9-21-43)29-19-30-52(60)44-22-10-7-11-23-44)47-25-18-24-46(39-47)63-41-64(61(3,4)5)57-33-17-16-32-56(57)63;/h6-38,41-42H,1-5H3;/q-1;. The smallest absolute Gasteiger partial charge is 0.188 e. The van der Waals surface area contributed by atoms with Gasteiger partial charge in [0, 0.05) is 61.7 Å². The maximum Gasteiger partial charge on any atom is 0.188 e. The van der Waals surface area contributed by atoms with Crippen LogP contribution in [0.3, 0.4) is 0 Å². The van der Waals surface area contributed by atoms with Gasteiger partial charge >= 0.3 is 0 Å². The molecule has 330 valence electrons. The van der Waals surface area contributed by atoms with Crippen molar-refractivity contribution in [3.8, 4) is 44.9 Å². The fourth-order valence-corrected chi connectivity index (χ4v) is 9.63. The van der Waals surface area contributed by atoms with E-state index in [0.29, 0.717) is 5.92 Å². The summed E-state index contributed by atoms with van der Waals surface area (Å²) in [4.78, 5) is 7.45. The molecule has 0 fully saturated rings. The van der Waals surface area contributed by atoms with Gasteiger partial charge in [-0.15, -0.1) is 29.7 Å². The van der Waals surface area contributed by atoms with Crippen LogP contribution in [0.15, 0.2) is 207 Å². The molecule has 3 aromatic heterocycles. The summed E-state index contributed by atoms with van der Waals surface area (Å²) in [5.74, 6) is 1.21. The quantitative estimate of drug-likeness (QED) is 0.135. The van der Waals surface area contributed by atoms with E-state index < -0.39 is 0 Å². The molecule has 0 saturated carbocycles. The topological polar surface area (TPSA) is 30.9 Å². The Bertz CT molecular complexity index is 3500. The Kier molecular flexibility index (Phi) is 11.6. The molecule has 0 saturated heterocycles. The second-order valence-corrected chi connectivity index (χ2v) is 18.3. The maximum absolute atomic E-state index is 5.09. The maximum atomic E-state index is 5.09. The summed E-state index contributed by atoms with van der Waals surface area (Å²) in [5, 5.41) is 2.25. The first-order valence-corrected chi connectivity index (χ1v) is 22.8. The zero-order valence-corrected chi connectivity index (χ0v) is 40.5. The number of benzene rings is 8. The number of hydrogen-bond acceptors (Lipinski definition) is 2. The Morgan fingerprint density at radius 1 is 0.537 bits per heavy atom. The summed E-state index contributed by atoms with van der Waals surface area (Å²) < 4.78 is 6.90. The number of anilines is 3. The fourth-order valence-electron chi connectivity index (χ4n) is 9.63. The number of fused-ring (bicyclic) bond motifs is 4. The van der Waals surface area contributed by atoms with Gasteiger partial charge in [-0.2, -0.15) is 12.1 Å². The van der Waals surface area contributed by atoms with E-state index in [4.69, 9.17) is 4.98 Å².